The van der Waals surface area contributed by atoms with Gasteiger partial charge in [0.25, 0.3) is 0 Å². The van der Waals surface area contributed by atoms with Crippen LogP contribution in [-0.2, 0) is 6.67 Å². The molecule has 0 bridgehead atoms. The molecule has 1 saturated heterocycles. The van der Waals surface area contributed by atoms with Crippen molar-refractivity contribution in [3.05, 3.63) is 56.5 Å². The topological polar surface area (TPSA) is 40.1 Å². The second kappa shape index (κ2) is 6.82. The molecule has 0 amide bonds. The first-order chi connectivity index (χ1) is 12.1. The molecule has 0 radical (unpaired) electrons. The van der Waals surface area contributed by atoms with Gasteiger partial charge in [-0.15, -0.1) is 11.3 Å². The number of aromatic nitrogens is 4. The lowest BCUT2D eigenvalue weighted by atomic mass is 10.1. The average Bonchev–Trinajstić information content (AvgIpc) is 3.32. The Morgan fingerprint density at radius 1 is 1.28 bits per heavy atom. The van der Waals surface area contributed by atoms with E-state index in [4.69, 9.17) is 12.2 Å². The number of benzene rings is 1. The SMILES string of the molecule is Cc1ccc(C)c(-n2nnn(C[NH+]3CCC[C@@H]3c3cccs3)c2=S)c1. The van der Waals surface area contributed by atoms with Gasteiger partial charge in [0.1, 0.15) is 6.04 Å². The first-order valence-corrected chi connectivity index (χ1v) is 9.90. The van der Waals surface area contributed by atoms with Crippen LogP contribution in [0.5, 0.6) is 0 Å². The Kier molecular flexibility index (Phi) is 4.54. The second-order valence-corrected chi connectivity index (χ2v) is 8.08. The summed E-state index contributed by atoms with van der Waals surface area (Å²) < 4.78 is 4.32. The van der Waals surface area contributed by atoms with Gasteiger partial charge in [-0.25, -0.2) is 0 Å². The van der Waals surface area contributed by atoms with Crippen molar-refractivity contribution in [1.82, 2.24) is 19.8 Å². The normalized spacial score (nSPS) is 20.2. The van der Waals surface area contributed by atoms with Crippen LogP contribution >= 0.6 is 23.6 Å². The number of hydrogen-bond acceptors (Lipinski definition) is 4. The zero-order chi connectivity index (χ0) is 17.4. The molecule has 25 heavy (non-hydrogen) atoms. The number of nitrogens with one attached hydrogen (secondary N) is 1. The van der Waals surface area contributed by atoms with E-state index < -0.39 is 0 Å². The highest BCUT2D eigenvalue weighted by molar-refractivity contribution is 7.71. The highest BCUT2D eigenvalue weighted by Gasteiger charge is 2.31. The highest BCUT2D eigenvalue weighted by atomic mass is 32.1. The Hall–Kier alpha value is -1.83. The molecule has 2 aromatic heterocycles. The number of aryl methyl sites for hydroxylation is 2. The number of nitrogens with zero attached hydrogens (tertiary/aromatic N) is 4. The summed E-state index contributed by atoms with van der Waals surface area (Å²) >= 11 is 7.52. The minimum atomic E-state index is 0.549. The first-order valence-electron chi connectivity index (χ1n) is 8.62. The Balaban J connectivity index is 1.61. The van der Waals surface area contributed by atoms with Gasteiger partial charge in [-0.1, -0.05) is 18.2 Å². The molecule has 2 atom stereocenters. The third kappa shape index (κ3) is 3.19. The van der Waals surface area contributed by atoms with Crippen molar-refractivity contribution < 1.29 is 4.90 Å². The molecule has 3 heterocycles. The van der Waals surface area contributed by atoms with E-state index in [9.17, 15) is 0 Å². The fourth-order valence-electron chi connectivity index (χ4n) is 3.60. The molecule has 5 nitrogen and oxygen atoms in total. The van der Waals surface area contributed by atoms with Crippen molar-refractivity contribution in [3.8, 4) is 5.69 Å². The maximum Gasteiger partial charge on any atom is 0.225 e. The Morgan fingerprint density at radius 2 is 2.16 bits per heavy atom. The van der Waals surface area contributed by atoms with Crippen LogP contribution in [0.2, 0.25) is 0 Å². The van der Waals surface area contributed by atoms with Crippen LogP contribution in [0.25, 0.3) is 5.69 Å². The molecule has 0 spiro atoms. The van der Waals surface area contributed by atoms with E-state index in [-0.39, 0.29) is 0 Å². The predicted molar refractivity (Wildman–Crippen MR) is 102 cm³/mol. The van der Waals surface area contributed by atoms with Crippen molar-refractivity contribution in [3.63, 3.8) is 0 Å². The zero-order valence-corrected chi connectivity index (χ0v) is 16.1. The lowest BCUT2D eigenvalue weighted by Gasteiger charge is -2.19. The molecule has 0 saturated carbocycles. The Bertz CT molecular complexity index is 925. The molecule has 7 heteroatoms. The van der Waals surface area contributed by atoms with E-state index in [2.05, 4.69) is 60.0 Å². The summed E-state index contributed by atoms with van der Waals surface area (Å²) in [7, 11) is 0. The third-order valence-corrected chi connectivity index (χ3v) is 6.32. The Labute approximate surface area is 156 Å². The van der Waals surface area contributed by atoms with Crippen molar-refractivity contribution >= 4 is 23.6 Å². The molecule has 1 aliphatic heterocycles. The van der Waals surface area contributed by atoms with Crippen molar-refractivity contribution in [1.29, 1.82) is 0 Å². The molecule has 4 rings (SSSR count). The minimum Gasteiger partial charge on any atom is -0.309 e. The monoisotopic (exact) mass is 372 g/mol. The van der Waals surface area contributed by atoms with Gasteiger partial charge in [-0.2, -0.15) is 9.36 Å². The van der Waals surface area contributed by atoms with E-state index in [1.54, 1.807) is 4.68 Å². The molecule has 1 N–H and O–H groups in total. The van der Waals surface area contributed by atoms with Crippen LogP contribution in [-0.4, -0.2) is 26.3 Å². The van der Waals surface area contributed by atoms with E-state index in [0.717, 1.165) is 24.5 Å². The van der Waals surface area contributed by atoms with Gasteiger partial charge in [0.05, 0.1) is 17.1 Å². The Morgan fingerprint density at radius 3 is 2.96 bits per heavy atom. The molecule has 130 valence electrons. The summed E-state index contributed by atoms with van der Waals surface area (Å²) in [6, 6.07) is 11.2. The summed E-state index contributed by atoms with van der Waals surface area (Å²) in [6.45, 7) is 6.08. The average molecular weight is 373 g/mol. The van der Waals surface area contributed by atoms with E-state index in [1.807, 2.05) is 16.0 Å². The van der Waals surface area contributed by atoms with Crippen LogP contribution in [0.3, 0.4) is 0 Å². The van der Waals surface area contributed by atoms with Crippen LogP contribution < -0.4 is 4.90 Å². The van der Waals surface area contributed by atoms with Gasteiger partial charge in [0, 0.05) is 12.8 Å². The molecule has 3 aromatic rings. The lowest BCUT2D eigenvalue weighted by Crippen LogP contribution is -3.09. The third-order valence-electron chi connectivity index (χ3n) is 4.96. The molecule has 1 unspecified atom stereocenters. The van der Waals surface area contributed by atoms with Crippen LogP contribution in [0.15, 0.2) is 35.7 Å². The molecule has 1 aromatic carbocycles. The predicted octanol–water partition coefficient (Wildman–Crippen LogP) is 2.85. The summed E-state index contributed by atoms with van der Waals surface area (Å²) in [6.07, 6.45) is 2.48. The van der Waals surface area contributed by atoms with Crippen LogP contribution in [0.1, 0.15) is 34.9 Å². The number of tetrazole rings is 1. The van der Waals surface area contributed by atoms with Gasteiger partial charge < -0.3 is 4.90 Å². The molecule has 0 aliphatic carbocycles. The molecule has 1 aliphatic rings. The fourth-order valence-corrected chi connectivity index (χ4v) is 4.75. The number of rotatable bonds is 4. The first kappa shape index (κ1) is 16.6. The number of quaternary nitrogens is 1. The summed E-state index contributed by atoms with van der Waals surface area (Å²) in [4.78, 5) is 2.98. The number of thiophene rings is 1. The van der Waals surface area contributed by atoms with Gasteiger partial charge in [-0.3, -0.25) is 0 Å². The van der Waals surface area contributed by atoms with Gasteiger partial charge in [-0.05, 0) is 65.1 Å². The summed E-state index contributed by atoms with van der Waals surface area (Å²) in [5, 5.41) is 10.8. The lowest BCUT2D eigenvalue weighted by molar-refractivity contribution is -0.941. The van der Waals surface area contributed by atoms with E-state index >= 15 is 0 Å². The van der Waals surface area contributed by atoms with Crippen LogP contribution in [0, 0.1) is 18.6 Å². The fraction of sp³-hybridized carbons (Fsp3) is 0.389. The van der Waals surface area contributed by atoms with Crippen molar-refractivity contribution in [2.45, 2.75) is 39.4 Å². The standard InChI is InChI=1S/C18H21N5S2/c1-13-7-8-14(2)16(11-13)23-18(24)22(19-20-23)12-21-9-3-5-15(21)17-6-4-10-25-17/h4,6-8,10-11,15H,3,5,9,12H2,1-2H3/p+1/t15-/m1/s1. The molecular formula is C18H22N5S2+. The smallest absolute Gasteiger partial charge is 0.225 e. The zero-order valence-electron chi connectivity index (χ0n) is 14.5. The summed E-state index contributed by atoms with van der Waals surface area (Å²) in [5.74, 6) is 0. The summed E-state index contributed by atoms with van der Waals surface area (Å²) in [5.41, 5.74) is 3.36. The maximum absolute atomic E-state index is 5.67. The minimum absolute atomic E-state index is 0.549. The van der Waals surface area contributed by atoms with Gasteiger partial charge >= 0.3 is 0 Å². The largest absolute Gasteiger partial charge is 0.309 e. The van der Waals surface area contributed by atoms with Crippen molar-refractivity contribution in [2.75, 3.05) is 6.54 Å². The maximum atomic E-state index is 5.67. The quantitative estimate of drug-likeness (QED) is 0.716. The number of likely N-dealkylation sites (tertiary alicyclic amines) is 1. The molecule has 1 fully saturated rings. The second-order valence-electron chi connectivity index (χ2n) is 6.74. The van der Waals surface area contributed by atoms with E-state index in [1.165, 1.54) is 28.2 Å². The number of hydrogen-bond donors (Lipinski definition) is 1. The highest BCUT2D eigenvalue weighted by Crippen LogP contribution is 2.23. The van der Waals surface area contributed by atoms with Crippen molar-refractivity contribution in [2.24, 2.45) is 0 Å². The van der Waals surface area contributed by atoms with E-state index in [0.29, 0.717) is 10.8 Å². The van der Waals surface area contributed by atoms with Gasteiger partial charge in [0.2, 0.25) is 4.77 Å². The molecular weight excluding hydrogens is 350 g/mol. The van der Waals surface area contributed by atoms with Gasteiger partial charge in [0.15, 0.2) is 6.67 Å². The van der Waals surface area contributed by atoms with Crippen LogP contribution in [0.4, 0.5) is 0 Å².